The standard InChI is InChI=1S/C17H26N4O4/c1-3-14(18-5-9-24-10-6-18)20-13-16(22)21(17(20)23)15(4-2)19-7-11-25-12-8-19/h3-4,14-15H,1-2,5-13H2. The Labute approximate surface area is 148 Å². The highest BCUT2D eigenvalue weighted by Gasteiger charge is 2.45. The second-order valence-electron chi connectivity index (χ2n) is 6.27. The number of carbonyl (C=O) groups excluding carboxylic acids is 2. The zero-order chi connectivity index (χ0) is 17.8. The first-order valence-corrected chi connectivity index (χ1v) is 8.68. The van der Waals surface area contributed by atoms with Gasteiger partial charge in [0.15, 0.2) is 0 Å². The van der Waals surface area contributed by atoms with Crippen molar-refractivity contribution < 1.29 is 19.1 Å². The third kappa shape index (κ3) is 3.62. The van der Waals surface area contributed by atoms with Crippen molar-refractivity contribution in [2.75, 3.05) is 59.2 Å². The minimum Gasteiger partial charge on any atom is -0.379 e. The number of amides is 3. The third-order valence-corrected chi connectivity index (χ3v) is 4.87. The van der Waals surface area contributed by atoms with Crippen LogP contribution in [0.25, 0.3) is 0 Å². The van der Waals surface area contributed by atoms with Gasteiger partial charge in [0.25, 0.3) is 5.91 Å². The minimum absolute atomic E-state index is 0.0571. The first kappa shape index (κ1) is 18.1. The van der Waals surface area contributed by atoms with Gasteiger partial charge in [0.1, 0.15) is 18.9 Å². The molecule has 138 valence electrons. The molecule has 0 saturated carbocycles. The smallest absolute Gasteiger partial charge is 0.330 e. The van der Waals surface area contributed by atoms with Gasteiger partial charge in [0, 0.05) is 26.2 Å². The number of ether oxygens (including phenoxy) is 2. The lowest BCUT2D eigenvalue weighted by Gasteiger charge is -2.39. The molecule has 0 aromatic heterocycles. The molecule has 0 aliphatic carbocycles. The summed E-state index contributed by atoms with van der Waals surface area (Å²) < 4.78 is 10.7. The number of urea groups is 1. The lowest BCUT2D eigenvalue weighted by molar-refractivity contribution is -0.129. The summed E-state index contributed by atoms with van der Waals surface area (Å²) in [4.78, 5) is 32.7. The Hall–Kier alpha value is -1.74. The van der Waals surface area contributed by atoms with Crippen LogP contribution in [0.3, 0.4) is 0 Å². The number of carbonyl (C=O) groups is 2. The van der Waals surface area contributed by atoms with Crippen LogP contribution in [-0.4, -0.2) is 103 Å². The van der Waals surface area contributed by atoms with Crippen LogP contribution < -0.4 is 0 Å². The summed E-state index contributed by atoms with van der Waals surface area (Å²) in [5.74, 6) is -0.207. The number of hydrogen-bond donors (Lipinski definition) is 0. The highest BCUT2D eigenvalue weighted by atomic mass is 16.5. The van der Waals surface area contributed by atoms with Crippen molar-refractivity contribution in [2.24, 2.45) is 0 Å². The molecule has 3 heterocycles. The topological polar surface area (TPSA) is 65.6 Å². The molecule has 0 bridgehead atoms. The fourth-order valence-corrected chi connectivity index (χ4v) is 3.58. The van der Waals surface area contributed by atoms with E-state index in [9.17, 15) is 9.59 Å². The Morgan fingerprint density at radius 1 is 0.840 bits per heavy atom. The molecule has 8 nitrogen and oxygen atoms in total. The molecule has 2 unspecified atom stereocenters. The lowest BCUT2D eigenvalue weighted by Crippen LogP contribution is -2.56. The number of rotatable bonds is 6. The monoisotopic (exact) mass is 350 g/mol. The summed E-state index contributed by atoms with van der Waals surface area (Å²) in [6.45, 7) is 12.9. The first-order chi connectivity index (χ1) is 12.2. The first-order valence-electron chi connectivity index (χ1n) is 8.68. The molecule has 0 aromatic carbocycles. The maximum atomic E-state index is 13.0. The van der Waals surface area contributed by atoms with Crippen LogP contribution in [0.5, 0.6) is 0 Å². The van der Waals surface area contributed by atoms with Crippen molar-refractivity contribution in [2.45, 2.75) is 12.3 Å². The molecule has 3 rings (SSSR count). The second-order valence-corrected chi connectivity index (χ2v) is 6.27. The largest absolute Gasteiger partial charge is 0.379 e. The van der Waals surface area contributed by atoms with E-state index in [4.69, 9.17) is 9.47 Å². The number of nitrogens with zero attached hydrogens (tertiary/aromatic N) is 4. The Morgan fingerprint density at radius 3 is 1.80 bits per heavy atom. The van der Waals surface area contributed by atoms with Gasteiger partial charge in [-0.3, -0.25) is 19.5 Å². The van der Waals surface area contributed by atoms with Gasteiger partial charge >= 0.3 is 6.03 Å². The van der Waals surface area contributed by atoms with E-state index >= 15 is 0 Å². The average molecular weight is 350 g/mol. The zero-order valence-corrected chi connectivity index (χ0v) is 14.5. The fourth-order valence-electron chi connectivity index (χ4n) is 3.58. The fraction of sp³-hybridized carbons (Fsp3) is 0.647. The van der Waals surface area contributed by atoms with Crippen LogP contribution in [0.4, 0.5) is 4.79 Å². The molecule has 3 fully saturated rings. The highest BCUT2D eigenvalue weighted by molar-refractivity contribution is 6.02. The van der Waals surface area contributed by atoms with E-state index in [1.54, 1.807) is 17.1 Å². The van der Waals surface area contributed by atoms with Gasteiger partial charge in [-0.05, 0) is 0 Å². The lowest BCUT2D eigenvalue weighted by atomic mass is 10.3. The molecule has 2 atom stereocenters. The van der Waals surface area contributed by atoms with Crippen molar-refractivity contribution in [1.29, 1.82) is 0 Å². The summed E-state index contributed by atoms with van der Waals surface area (Å²) in [6, 6.07) is -0.294. The molecular weight excluding hydrogens is 324 g/mol. The van der Waals surface area contributed by atoms with E-state index in [0.29, 0.717) is 52.6 Å². The van der Waals surface area contributed by atoms with Crippen molar-refractivity contribution >= 4 is 11.9 Å². The van der Waals surface area contributed by atoms with Gasteiger partial charge in [0.05, 0.1) is 26.4 Å². The molecule has 3 saturated heterocycles. The Balaban J connectivity index is 1.75. The normalized spacial score (nSPS) is 25.9. The van der Waals surface area contributed by atoms with Crippen LogP contribution in [0, 0.1) is 0 Å². The molecule has 3 amide bonds. The van der Waals surface area contributed by atoms with Gasteiger partial charge < -0.3 is 9.47 Å². The highest BCUT2D eigenvalue weighted by Crippen LogP contribution is 2.22. The molecule has 0 radical (unpaired) electrons. The summed E-state index contributed by atoms with van der Waals surface area (Å²) in [5.41, 5.74) is 0. The maximum Gasteiger partial charge on any atom is 0.330 e. The SMILES string of the molecule is C=CC(N1CCOCC1)N1CC(=O)N(C(C=C)N2CCOCC2)C1=O. The van der Waals surface area contributed by atoms with Crippen molar-refractivity contribution in [3.63, 3.8) is 0 Å². The molecule has 0 aromatic rings. The van der Waals surface area contributed by atoms with Crippen LogP contribution in [0.1, 0.15) is 0 Å². The quantitative estimate of drug-likeness (QED) is 0.494. The number of hydrogen-bond acceptors (Lipinski definition) is 6. The summed E-state index contributed by atoms with van der Waals surface area (Å²) in [5, 5.41) is 0. The Bertz CT molecular complexity index is 529. The van der Waals surface area contributed by atoms with Crippen LogP contribution in [0.2, 0.25) is 0 Å². The van der Waals surface area contributed by atoms with Gasteiger partial charge in [-0.2, -0.15) is 0 Å². The molecule has 0 N–H and O–H groups in total. The molecule has 0 spiro atoms. The molecule has 8 heteroatoms. The molecular formula is C17H26N4O4. The van der Waals surface area contributed by atoms with E-state index in [1.165, 1.54) is 4.90 Å². The van der Waals surface area contributed by atoms with Crippen molar-refractivity contribution in [1.82, 2.24) is 19.6 Å². The van der Waals surface area contributed by atoms with Crippen molar-refractivity contribution in [3.05, 3.63) is 25.3 Å². The van der Waals surface area contributed by atoms with Gasteiger partial charge in [-0.15, -0.1) is 0 Å². The minimum atomic E-state index is -0.441. The number of imide groups is 1. The summed E-state index contributed by atoms with van der Waals surface area (Å²) in [7, 11) is 0. The van der Waals surface area contributed by atoms with E-state index in [2.05, 4.69) is 18.1 Å². The molecule has 3 aliphatic rings. The maximum absolute atomic E-state index is 13.0. The van der Waals surface area contributed by atoms with Crippen molar-refractivity contribution in [3.8, 4) is 0 Å². The predicted molar refractivity (Wildman–Crippen MR) is 91.7 cm³/mol. The predicted octanol–water partition coefficient (Wildman–Crippen LogP) is -0.0608. The summed E-state index contributed by atoms with van der Waals surface area (Å²) in [6.07, 6.45) is 2.63. The average Bonchev–Trinajstić information content (AvgIpc) is 2.94. The summed E-state index contributed by atoms with van der Waals surface area (Å²) >= 11 is 0. The van der Waals surface area contributed by atoms with E-state index in [0.717, 1.165) is 0 Å². The van der Waals surface area contributed by atoms with Crippen LogP contribution >= 0.6 is 0 Å². The Morgan fingerprint density at radius 2 is 1.32 bits per heavy atom. The van der Waals surface area contributed by atoms with Gasteiger partial charge in [0.2, 0.25) is 0 Å². The van der Waals surface area contributed by atoms with E-state index in [1.807, 2.05) is 4.90 Å². The molecule has 25 heavy (non-hydrogen) atoms. The second kappa shape index (κ2) is 8.09. The Kier molecular flexibility index (Phi) is 5.85. The van der Waals surface area contributed by atoms with E-state index < -0.39 is 6.17 Å². The number of morpholine rings is 2. The van der Waals surface area contributed by atoms with Crippen LogP contribution in [0.15, 0.2) is 25.3 Å². The third-order valence-electron chi connectivity index (χ3n) is 4.87. The van der Waals surface area contributed by atoms with Crippen LogP contribution in [-0.2, 0) is 14.3 Å². The van der Waals surface area contributed by atoms with Gasteiger partial charge in [-0.25, -0.2) is 9.69 Å². The van der Waals surface area contributed by atoms with E-state index in [-0.39, 0.29) is 24.6 Å². The molecule has 3 aliphatic heterocycles. The zero-order valence-electron chi connectivity index (χ0n) is 14.5. The van der Waals surface area contributed by atoms with Gasteiger partial charge in [-0.1, -0.05) is 25.3 Å².